The SMILES string of the molecule is CC(O)(O)NCO. The van der Waals surface area contributed by atoms with Gasteiger partial charge in [-0.25, -0.2) is 5.32 Å². The minimum absolute atomic E-state index is 0.441. The first-order valence-corrected chi connectivity index (χ1v) is 1.87. The molecule has 44 valence electrons. The van der Waals surface area contributed by atoms with E-state index in [9.17, 15) is 0 Å². The van der Waals surface area contributed by atoms with E-state index in [-0.39, 0.29) is 0 Å². The lowest BCUT2D eigenvalue weighted by Crippen LogP contribution is -2.42. The van der Waals surface area contributed by atoms with Crippen molar-refractivity contribution in [3.8, 4) is 0 Å². The molecule has 7 heavy (non-hydrogen) atoms. The summed E-state index contributed by atoms with van der Waals surface area (Å²) in [5, 5.41) is 26.5. The van der Waals surface area contributed by atoms with Crippen molar-refractivity contribution in [2.45, 2.75) is 12.8 Å². The van der Waals surface area contributed by atoms with Crippen molar-refractivity contribution in [1.82, 2.24) is 5.32 Å². The highest BCUT2D eigenvalue weighted by Gasteiger charge is 2.10. The Morgan fingerprint density at radius 1 is 1.57 bits per heavy atom. The van der Waals surface area contributed by atoms with E-state index in [2.05, 4.69) is 0 Å². The molecule has 0 aliphatic heterocycles. The first kappa shape index (κ1) is 6.84. The van der Waals surface area contributed by atoms with Crippen molar-refractivity contribution in [3.63, 3.8) is 0 Å². The van der Waals surface area contributed by atoms with E-state index in [1.807, 2.05) is 5.32 Å². The number of nitrogens with one attached hydrogen (secondary N) is 1. The topological polar surface area (TPSA) is 72.7 Å². The summed E-state index contributed by atoms with van der Waals surface area (Å²) in [5.74, 6) is -1.95. The lowest BCUT2D eigenvalue weighted by molar-refractivity contribution is -0.178. The lowest BCUT2D eigenvalue weighted by atomic mass is 10.6. The second-order valence-corrected chi connectivity index (χ2v) is 1.36. The number of rotatable bonds is 2. The summed E-state index contributed by atoms with van der Waals surface area (Å²) < 4.78 is 0. The number of aliphatic hydroxyl groups excluding tert-OH is 1. The van der Waals surface area contributed by atoms with E-state index in [1.54, 1.807) is 0 Å². The zero-order valence-corrected chi connectivity index (χ0v) is 4.05. The average Bonchev–Trinajstić information content (AvgIpc) is 1.30. The van der Waals surface area contributed by atoms with E-state index in [0.717, 1.165) is 6.92 Å². The summed E-state index contributed by atoms with van der Waals surface area (Å²) in [6.45, 7) is 0.673. The maximum Gasteiger partial charge on any atom is 0.221 e. The summed E-state index contributed by atoms with van der Waals surface area (Å²) in [6.07, 6.45) is 0. The molecule has 0 aromatic heterocycles. The van der Waals surface area contributed by atoms with Gasteiger partial charge in [0.05, 0.1) is 6.73 Å². The third kappa shape index (κ3) is 5.84. The summed E-state index contributed by atoms with van der Waals surface area (Å²) in [7, 11) is 0. The molecule has 0 fully saturated rings. The predicted octanol–water partition coefficient (Wildman–Crippen LogP) is -1.82. The van der Waals surface area contributed by atoms with Crippen molar-refractivity contribution >= 4 is 0 Å². The Balaban J connectivity index is 3.15. The molecule has 0 spiro atoms. The smallest absolute Gasteiger partial charge is 0.221 e. The lowest BCUT2D eigenvalue weighted by Gasteiger charge is -2.14. The summed E-state index contributed by atoms with van der Waals surface area (Å²) in [4.78, 5) is 0. The van der Waals surface area contributed by atoms with Gasteiger partial charge >= 0.3 is 0 Å². The van der Waals surface area contributed by atoms with Gasteiger partial charge in [-0.1, -0.05) is 0 Å². The Morgan fingerprint density at radius 2 is 2.00 bits per heavy atom. The Hall–Kier alpha value is -0.160. The minimum atomic E-state index is -1.95. The molecular formula is C3H9NO3. The van der Waals surface area contributed by atoms with E-state index in [0.29, 0.717) is 0 Å². The fourth-order valence-electron chi connectivity index (χ4n) is 0.150. The third-order valence-corrected chi connectivity index (χ3v) is 0.414. The van der Waals surface area contributed by atoms with Crippen molar-refractivity contribution in [1.29, 1.82) is 0 Å². The molecule has 0 aliphatic rings. The van der Waals surface area contributed by atoms with Crippen LogP contribution >= 0.6 is 0 Å². The van der Waals surface area contributed by atoms with Crippen LogP contribution in [0.4, 0.5) is 0 Å². The van der Waals surface area contributed by atoms with Gasteiger partial charge in [0.1, 0.15) is 0 Å². The van der Waals surface area contributed by atoms with Gasteiger partial charge in [-0.05, 0) is 0 Å². The normalized spacial score (nSPS) is 12.0. The molecular weight excluding hydrogens is 98.0 g/mol. The number of aliphatic hydroxyl groups is 3. The first-order valence-electron chi connectivity index (χ1n) is 1.87. The second-order valence-electron chi connectivity index (χ2n) is 1.36. The first-order chi connectivity index (χ1) is 3.06. The molecule has 0 bridgehead atoms. The number of hydrogen-bond acceptors (Lipinski definition) is 4. The van der Waals surface area contributed by atoms with Crippen molar-refractivity contribution in [2.75, 3.05) is 6.73 Å². The molecule has 0 aliphatic carbocycles. The highest BCUT2D eigenvalue weighted by Crippen LogP contribution is 1.85. The van der Waals surface area contributed by atoms with Gasteiger partial charge in [-0.15, -0.1) is 0 Å². The van der Waals surface area contributed by atoms with Gasteiger partial charge < -0.3 is 15.3 Å². The molecule has 0 unspecified atom stereocenters. The van der Waals surface area contributed by atoms with Crippen molar-refractivity contribution < 1.29 is 15.3 Å². The molecule has 4 N–H and O–H groups in total. The summed E-state index contributed by atoms with van der Waals surface area (Å²) >= 11 is 0. The van der Waals surface area contributed by atoms with Crippen LogP contribution in [0.15, 0.2) is 0 Å². The second kappa shape index (κ2) is 2.23. The number of hydrogen-bond donors (Lipinski definition) is 4. The van der Waals surface area contributed by atoms with Crippen molar-refractivity contribution in [3.05, 3.63) is 0 Å². The van der Waals surface area contributed by atoms with Crippen molar-refractivity contribution in [2.24, 2.45) is 0 Å². The Labute approximate surface area is 41.4 Å². The highest BCUT2D eigenvalue weighted by atomic mass is 16.5. The summed E-state index contributed by atoms with van der Waals surface area (Å²) in [5.41, 5.74) is 0. The quantitative estimate of drug-likeness (QED) is 0.314. The predicted molar refractivity (Wildman–Crippen MR) is 23.1 cm³/mol. The fraction of sp³-hybridized carbons (Fsp3) is 1.00. The van der Waals surface area contributed by atoms with Crippen LogP contribution in [-0.2, 0) is 0 Å². The van der Waals surface area contributed by atoms with E-state index >= 15 is 0 Å². The molecule has 0 saturated heterocycles. The monoisotopic (exact) mass is 107 g/mol. The molecule has 0 aromatic rings. The van der Waals surface area contributed by atoms with Crippen LogP contribution in [0, 0.1) is 0 Å². The maximum absolute atomic E-state index is 8.30. The molecule has 0 amide bonds. The van der Waals surface area contributed by atoms with Gasteiger partial charge in [0, 0.05) is 6.92 Å². The zero-order chi connectivity index (χ0) is 5.91. The molecule has 4 heteroatoms. The Bertz CT molecular complexity index is 48.6. The van der Waals surface area contributed by atoms with Gasteiger partial charge in [0.25, 0.3) is 0 Å². The Morgan fingerprint density at radius 3 is 2.00 bits per heavy atom. The fourth-order valence-corrected chi connectivity index (χ4v) is 0.150. The average molecular weight is 107 g/mol. The molecule has 0 rings (SSSR count). The molecule has 4 nitrogen and oxygen atoms in total. The van der Waals surface area contributed by atoms with Gasteiger partial charge in [0.15, 0.2) is 0 Å². The van der Waals surface area contributed by atoms with Gasteiger partial charge in [-0.2, -0.15) is 0 Å². The van der Waals surface area contributed by atoms with E-state index in [1.165, 1.54) is 0 Å². The maximum atomic E-state index is 8.30. The van der Waals surface area contributed by atoms with Crippen LogP contribution in [0.1, 0.15) is 6.92 Å². The molecule has 0 heterocycles. The Kier molecular flexibility index (Phi) is 2.17. The molecule has 0 saturated carbocycles. The standard InChI is InChI=1S/C3H9NO3/c1-3(6,7)4-2-5/h4-7H,2H2,1H3. The largest absolute Gasteiger partial charge is 0.381 e. The van der Waals surface area contributed by atoms with E-state index in [4.69, 9.17) is 15.3 Å². The highest BCUT2D eigenvalue weighted by molar-refractivity contribution is 4.44. The molecule has 0 radical (unpaired) electrons. The zero-order valence-electron chi connectivity index (χ0n) is 4.05. The molecule has 0 atom stereocenters. The van der Waals surface area contributed by atoms with Crippen LogP contribution in [0.3, 0.4) is 0 Å². The van der Waals surface area contributed by atoms with Crippen LogP contribution in [0.5, 0.6) is 0 Å². The van der Waals surface area contributed by atoms with Gasteiger partial charge in [0.2, 0.25) is 5.91 Å². The van der Waals surface area contributed by atoms with Crippen LogP contribution in [0.2, 0.25) is 0 Å². The van der Waals surface area contributed by atoms with Crippen LogP contribution < -0.4 is 5.32 Å². The van der Waals surface area contributed by atoms with Crippen LogP contribution in [0.25, 0.3) is 0 Å². The van der Waals surface area contributed by atoms with Crippen LogP contribution in [-0.4, -0.2) is 28.0 Å². The minimum Gasteiger partial charge on any atom is -0.381 e. The van der Waals surface area contributed by atoms with E-state index < -0.39 is 12.6 Å². The molecule has 0 aromatic carbocycles. The third-order valence-electron chi connectivity index (χ3n) is 0.414. The van der Waals surface area contributed by atoms with Gasteiger partial charge in [-0.3, -0.25) is 0 Å². The summed E-state index contributed by atoms with van der Waals surface area (Å²) in [6, 6.07) is 0.